The van der Waals surface area contributed by atoms with Crippen LogP contribution in [-0.2, 0) is 6.54 Å². The van der Waals surface area contributed by atoms with Crippen LogP contribution in [0.4, 0.5) is 5.69 Å². The minimum absolute atomic E-state index is 0.175. The molecule has 0 unspecified atom stereocenters. The van der Waals surface area contributed by atoms with Gasteiger partial charge in [0.1, 0.15) is 0 Å². The topological polar surface area (TPSA) is 75.9 Å². The monoisotopic (exact) mass is 383 g/mol. The summed E-state index contributed by atoms with van der Waals surface area (Å²) in [5.74, 6) is 0.00814. The number of hydrogen-bond acceptors (Lipinski definition) is 5. The zero-order valence-corrected chi connectivity index (χ0v) is 16.3. The third kappa shape index (κ3) is 4.48. The van der Waals surface area contributed by atoms with Gasteiger partial charge in [0.25, 0.3) is 5.91 Å². The molecule has 3 rings (SSSR count). The van der Waals surface area contributed by atoms with Crippen LogP contribution < -0.4 is 4.74 Å². The molecule has 0 aromatic heterocycles. The maximum atomic E-state index is 12.8. The maximum absolute atomic E-state index is 12.8. The van der Waals surface area contributed by atoms with E-state index in [9.17, 15) is 14.9 Å². The van der Waals surface area contributed by atoms with Crippen molar-refractivity contribution >= 4 is 11.6 Å². The molecule has 1 aliphatic heterocycles. The molecule has 1 heterocycles. The summed E-state index contributed by atoms with van der Waals surface area (Å²) in [6, 6.07) is 12.7. The molecule has 0 saturated carbocycles. The molecule has 0 radical (unpaired) electrons. The van der Waals surface area contributed by atoms with Gasteiger partial charge in [0, 0.05) is 44.4 Å². The Morgan fingerprint density at radius 3 is 2.50 bits per heavy atom. The number of amides is 1. The van der Waals surface area contributed by atoms with E-state index in [4.69, 9.17) is 4.74 Å². The van der Waals surface area contributed by atoms with Crippen LogP contribution in [0.5, 0.6) is 5.75 Å². The number of carbonyl (C=O) groups excluding carboxylic acids is 1. The van der Waals surface area contributed by atoms with E-state index in [0.29, 0.717) is 25.3 Å². The first-order valence-electron chi connectivity index (χ1n) is 9.47. The van der Waals surface area contributed by atoms with Crippen LogP contribution in [0.25, 0.3) is 0 Å². The number of aryl methyl sites for hydroxylation is 1. The molecular formula is C21H25N3O4. The summed E-state index contributed by atoms with van der Waals surface area (Å²) in [5.41, 5.74) is 2.71. The van der Waals surface area contributed by atoms with Crippen LogP contribution >= 0.6 is 0 Å². The number of nitrogens with zero attached hydrogens (tertiary/aromatic N) is 3. The average Bonchev–Trinajstić information content (AvgIpc) is 2.70. The van der Waals surface area contributed by atoms with E-state index in [0.717, 1.165) is 19.6 Å². The third-order valence-electron chi connectivity index (χ3n) is 5.02. The van der Waals surface area contributed by atoms with Gasteiger partial charge < -0.3 is 9.64 Å². The summed E-state index contributed by atoms with van der Waals surface area (Å²) in [6.45, 7) is 7.82. The molecule has 0 atom stereocenters. The molecule has 148 valence electrons. The van der Waals surface area contributed by atoms with Gasteiger partial charge in [-0.25, -0.2) is 0 Å². The molecule has 2 aromatic carbocycles. The van der Waals surface area contributed by atoms with Gasteiger partial charge in [-0.1, -0.05) is 24.3 Å². The molecule has 1 fully saturated rings. The molecule has 7 nitrogen and oxygen atoms in total. The quantitative estimate of drug-likeness (QED) is 0.565. The minimum Gasteiger partial charge on any atom is -0.487 e. The summed E-state index contributed by atoms with van der Waals surface area (Å²) in [5, 5.41) is 11.3. The van der Waals surface area contributed by atoms with E-state index in [1.165, 1.54) is 23.3 Å². The van der Waals surface area contributed by atoms with Gasteiger partial charge in [0.15, 0.2) is 5.75 Å². The fraction of sp³-hybridized carbons (Fsp3) is 0.381. The standard InChI is InChI=1S/C21H25N3O4/c1-3-28-20-9-8-17(14-19(20)24(26)27)21(25)23-12-10-22(11-13-23)15-18-7-5-4-6-16(18)2/h4-9,14H,3,10-13,15H2,1-2H3. The predicted octanol–water partition coefficient (Wildman–Crippen LogP) is 3.26. The number of carbonyl (C=O) groups is 1. The Kier molecular flexibility index (Phi) is 6.26. The van der Waals surface area contributed by atoms with E-state index < -0.39 is 4.92 Å². The van der Waals surface area contributed by atoms with Crippen LogP contribution in [0.15, 0.2) is 42.5 Å². The number of piperazine rings is 1. The van der Waals surface area contributed by atoms with Crippen molar-refractivity contribution < 1.29 is 14.5 Å². The lowest BCUT2D eigenvalue weighted by atomic mass is 10.1. The Morgan fingerprint density at radius 1 is 1.14 bits per heavy atom. The minimum atomic E-state index is -0.512. The van der Waals surface area contributed by atoms with Gasteiger partial charge in [-0.05, 0) is 37.1 Å². The number of hydrogen-bond donors (Lipinski definition) is 0. The number of nitro groups is 1. The molecule has 0 spiro atoms. The summed E-state index contributed by atoms with van der Waals surface area (Å²) in [7, 11) is 0. The second-order valence-corrected chi connectivity index (χ2v) is 6.87. The molecule has 28 heavy (non-hydrogen) atoms. The lowest BCUT2D eigenvalue weighted by Crippen LogP contribution is -2.48. The molecule has 1 aliphatic rings. The fourth-order valence-corrected chi connectivity index (χ4v) is 3.39. The van der Waals surface area contributed by atoms with Gasteiger partial charge in [-0.3, -0.25) is 19.8 Å². The summed E-state index contributed by atoms with van der Waals surface area (Å²) < 4.78 is 5.29. The van der Waals surface area contributed by atoms with Gasteiger partial charge >= 0.3 is 5.69 Å². The predicted molar refractivity (Wildman–Crippen MR) is 107 cm³/mol. The second-order valence-electron chi connectivity index (χ2n) is 6.87. The molecule has 0 bridgehead atoms. The van der Waals surface area contributed by atoms with Gasteiger partial charge in [0.05, 0.1) is 11.5 Å². The highest BCUT2D eigenvalue weighted by Crippen LogP contribution is 2.28. The van der Waals surface area contributed by atoms with Crippen molar-refractivity contribution in [3.05, 3.63) is 69.3 Å². The lowest BCUT2D eigenvalue weighted by Gasteiger charge is -2.35. The number of nitro benzene ring substituents is 1. The molecule has 1 amide bonds. The second kappa shape index (κ2) is 8.84. The van der Waals surface area contributed by atoms with E-state index >= 15 is 0 Å². The van der Waals surface area contributed by atoms with Crippen molar-refractivity contribution in [2.75, 3.05) is 32.8 Å². The Bertz CT molecular complexity index is 860. The summed E-state index contributed by atoms with van der Waals surface area (Å²) in [4.78, 5) is 27.7. The molecule has 0 aliphatic carbocycles. The molecule has 0 N–H and O–H groups in total. The van der Waals surface area contributed by atoms with Gasteiger partial charge in [0.2, 0.25) is 0 Å². The van der Waals surface area contributed by atoms with E-state index in [2.05, 4.69) is 24.0 Å². The fourth-order valence-electron chi connectivity index (χ4n) is 3.39. The highest BCUT2D eigenvalue weighted by molar-refractivity contribution is 5.95. The van der Waals surface area contributed by atoms with E-state index in [-0.39, 0.29) is 17.3 Å². The molecule has 1 saturated heterocycles. The highest BCUT2D eigenvalue weighted by Gasteiger charge is 2.25. The first-order valence-corrected chi connectivity index (χ1v) is 9.47. The van der Waals surface area contributed by atoms with Gasteiger partial charge in [-0.2, -0.15) is 0 Å². The number of ether oxygens (including phenoxy) is 1. The third-order valence-corrected chi connectivity index (χ3v) is 5.02. The van der Waals surface area contributed by atoms with Crippen LogP contribution in [0.3, 0.4) is 0 Å². The summed E-state index contributed by atoms with van der Waals surface area (Å²) >= 11 is 0. The Hall–Kier alpha value is -2.93. The van der Waals surface area contributed by atoms with Crippen molar-refractivity contribution in [3.8, 4) is 5.75 Å². The van der Waals surface area contributed by atoms with Crippen molar-refractivity contribution in [1.82, 2.24) is 9.80 Å². The van der Waals surface area contributed by atoms with E-state index in [1.807, 2.05) is 12.1 Å². The first kappa shape index (κ1) is 19.8. The maximum Gasteiger partial charge on any atom is 0.311 e. The van der Waals surface area contributed by atoms with Crippen LogP contribution in [0, 0.1) is 17.0 Å². The van der Waals surface area contributed by atoms with Gasteiger partial charge in [-0.15, -0.1) is 0 Å². The SMILES string of the molecule is CCOc1ccc(C(=O)N2CCN(Cc3ccccc3C)CC2)cc1[N+](=O)[O-]. The van der Waals surface area contributed by atoms with Crippen LogP contribution in [-0.4, -0.2) is 53.4 Å². The first-order chi connectivity index (χ1) is 13.5. The lowest BCUT2D eigenvalue weighted by molar-refractivity contribution is -0.385. The van der Waals surface area contributed by atoms with Crippen molar-refractivity contribution in [3.63, 3.8) is 0 Å². The van der Waals surface area contributed by atoms with Crippen molar-refractivity contribution in [1.29, 1.82) is 0 Å². The van der Waals surface area contributed by atoms with Crippen molar-refractivity contribution in [2.45, 2.75) is 20.4 Å². The Morgan fingerprint density at radius 2 is 1.86 bits per heavy atom. The number of rotatable bonds is 6. The largest absolute Gasteiger partial charge is 0.487 e. The Balaban J connectivity index is 1.64. The highest BCUT2D eigenvalue weighted by atomic mass is 16.6. The zero-order chi connectivity index (χ0) is 20.1. The molecule has 7 heteroatoms. The van der Waals surface area contributed by atoms with Crippen LogP contribution in [0.2, 0.25) is 0 Å². The Labute approximate surface area is 164 Å². The molecule has 2 aromatic rings. The normalized spacial score (nSPS) is 14.7. The van der Waals surface area contributed by atoms with Crippen LogP contribution in [0.1, 0.15) is 28.4 Å². The zero-order valence-electron chi connectivity index (χ0n) is 16.3. The van der Waals surface area contributed by atoms with E-state index in [1.54, 1.807) is 17.9 Å². The summed E-state index contributed by atoms with van der Waals surface area (Å²) in [6.07, 6.45) is 0. The molecular weight excluding hydrogens is 358 g/mol. The van der Waals surface area contributed by atoms with Crippen molar-refractivity contribution in [2.24, 2.45) is 0 Å². The number of benzene rings is 2. The average molecular weight is 383 g/mol. The smallest absolute Gasteiger partial charge is 0.311 e.